The van der Waals surface area contributed by atoms with Crippen molar-refractivity contribution in [3.8, 4) is 0 Å². The van der Waals surface area contributed by atoms with Crippen molar-refractivity contribution in [2.24, 2.45) is 5.92 Å². The quantitative estimate of drug-likeness (QED) is 0.129. The van der Waals surface area contributed by atoms with Gasteiger partial charge in [-0.15, -0.1) is 16.8 Å². The van der Waals surface area contributed by atoms with Gasteiger partial charge in [-0.25, -0.2) is 0 Å². The van der Waals surface area contributed by atoms with Crippen molar-refractivity contribution in [3.05, 3.63) is 87.2 Å². The van der Waals surface area contributed by atoms with Gasteiger partial charge < -0.3 is 15.2 Å². The molecule has 0 spiro atoms. The minimum atomic E-state index is -0.484. The van der Waals surface area contributed by atoms with Gasteiger partial charge >= 0.3 is 0 Å². The molecule has 2 amide bonds. The number of carbonyl (C=O) groups excluding carboxylic acids is 2. The summed E-state index contributed by atoms with van der Waals surface area (Å²) in [4.78, 5) is 36.1. The van der Waals surface area contributed by atoms with E-state index in [2.05, 4.69) is 27.4 Å². The van der Waals surface area contributed by atoms with Crippen LogP contribution in [0.1, 0.15) is 48.1 Å². The predicted octanol–water partition coefficient (Wildman–Crippen LogP) is 5.58. The summed E-state index contributed by atoms with van der Waals surface area (Å²) in [7, 11) is 0. The molecule has 200 valence electrons. The van der Waals surface area contributed by atoms with Crippen LogP contribution in [0.5, 0.6) is 0 Å². The normalized spacial score (nSPS) is 11.7. The number of anilines is 1. The Balaban J connectivity index is 1.77. The molecular formula is C26H29ClN6O4S. The number of hydrogen-bond acceptors (Lipinski definition) is 7. The molecule has 0 saturated carbocycles. The molecule has 2 N–H and O–H groups in total. The number of amides is 2. The molecule has 0 saturated heterocycles. The minimum Gasteiger partial charge on any atom is -0.342 e. The second-order valence-electron chi connectivity index (χ2n) is 8.97. The number of aromatic nitrogens is 3. The van der Waals surface area contributed by atoms with Gasteiger partial charge in [-0.1, -0.05) is 55.4 Å². The second-order valence-corrected chi connectivity index (χ2v) is 10.3. The number of nitrogens with one attached hydrogen (secondary N) is 2. The topological polar surface area (TPSA) is 132 Å². The van der Waals surface area contributed by atoms with Gasteiger partial charge in [0.2, 0.25) is 5.91 Å². The van der Waals surface area contributed by atoms with Crippen LogP contribution in [0.2, 0.25) is 5.02 Å². The lowest BCUT2D eigenvalue weighted by Gasteiger charge is -2.21. The third-order valence-electron chi connectivity index (χ3n) is 5.53. The Kier molecular flexibility index (Phi) is 10.0. The van der Waals surface area contributed by atoms with Gasteiger partial charge in [0.1, 0.15) is 0 Å². The third kappa shape index (κ3) is 7.42. The summed E-state index contributed by atoms with van der Waals surface area (Å²) < 4.78 is 1.82. The van der Waals surface area contributed by atoms with Gasteiger partial charge in [0.05, 0.1) is 27.3 Å². The maximum atomic E-state index is 13.0. The average molecular weight is 557 g/mol. The number of aryl methyl sites for hydroxylation is 1. The minimum absolute atomic E-state index is 0.0343. The molecule has 1 atom stereocenters. The Hall–Kier alpha value is -3.70. The number of hydrogen-bond donors (Lipinski definition) is 2. The molecule has 2 aromatic carbocycles. The monoisotopic (exact) mass is 556 g/mol. The standard InChI is InChI=1S/C26H29ClN6O4S/c1-5-12-32-24(22(13-16(2)3)29-25(35)19-8-6-7-9-20(19)27)30-31-26(32)38-15-23(34)28-21-11-10-18(33(36)37)14-17(21)4/h5-11,14,16,22H,1,12-13,15H2,2-4H3,(H,28,34)(H,29,35)/t22-/m0/s1. The lowest BCUT2D eigenvalue weighted by atomic mass is 10.0. The van der Waals surface area contributed by atoms with Crippen molar-refractivity contribution in [1.29, 1.82) is 0 Å². The lowest BCUT2D eigenvalue weighted by molar-refractivity contribution is -0.384. The molecule has 0 unspecified atom stereocenters. The molecule has 3 aromatic rings. The average Bonchev–Trinajstić information content (AvgIpc) is 3.26. The van der Waals surface area contributed by atoms with Crippen molar-refractivity contribution in [1.82, 2.24) is 20.1 Å². The van der Waals surface area contributed by atoms with Crippen LogP contribution in [-0.2, 0) is 11.3 Å². The molecule has 0 fully saturated rings. The van der Waals surface area contributed by atoms with E-state index in [4.69, 9.17) is 11.6 Å². The number of thioether (sulfide) groups is 1. The number of carbonyl (C=O) groups is 2. The fourth-order valence-electron chi connectivity index (χ4n) is 3.76. The first-order valence-electron chi connectivity index (χ1n) is 11.9. The number of nitrogens with zero attached hydrogens (tertiary/aromatic N) is 4. The van der Waals surface area contributed by atoms with Crippen LogP contribution < -0.4 is 10.6 Å². The molecule has 1 heterocycles. The number of halogens is 1. The summed E-state index contributed by atoms with van der Waals surface area (Å²) in [5, 5.41) is 26.3. The van der Waals surface area contributed by atoms with E-state index in [1.807, 2.05) is 18.4 Å². The highest BCUT2D eigenvalue weighted by atomic mass is 35.5. The molecule has 0 aliphatic heterocycles. The molecule has 38 heavy (non-hydrogen) atoms. The highest BCUT2D eigenvalue weighted by molar-refractivity contribution is 7.99. The van der Waals surface area contributed by atoms with Crippen molar-refractivity contribution in [3.63, 3.8) is 0 Å². The highest BCUT2D eigenvalue weighted by Crippen LogP contribution is 2.27. The van der Waals surface area contributed by atoms with Crippen LogP contribution >= 0.6 is 23.4 Å². The maximum Gasteiger partial charge on any atom is 0.269 e. The van der Waals surface area contributed by atoms with E-state index in [0.717, 1.165) is 0 Å². The Morgan fingerprint density at radius 3 is 2.61 bits per heavy atom. The third-order valence-corrected chi connectivity index (χ3v) is 6.82. The van der Waals surface area contributed by atoms with Crippen LogP contribution in [0.25, 0.3) is 0 Å². The van der Waals surface area contributed by atoms with E-state index >= 15 is 0 Å². The van der Waals surface area contributed by atoms with Gasteiger partial charge in [-0.05, 0) is 43.0 Å². The van der Waals surface area contributed by atoms with Gasteiger partial charge in [0.15, 0.2) is 11.0 Å². The molecule has 0 aliphatic rings. The Morgan fingerprint density at radius 2 is 1.97 bits per heavy atom. The predicted molar refractivity (Wildman–Crippen MR) is 149 cm³/mol. The van der Waals surface area contributed by atoms with E-state index in [1.165, 1.54) is 30.0 Å². The molecule has 10 nitrogen and oxygen atoms in total. The molecule has 0 aliphatic carbocycles. The van der Waals surface area contributed by atoms with E-state index in [-0.39, 0.29) is 29.2 Å². The first-order chi connectivity index (χ1) is 18.1. The fraction of sp³-hybridized carbons (Fsp3) is 0.308. The SMILES string of the molecule is C=CCn1c(SCC(=O)Nc2ccc([N+](=O)[O-])cc2C)nnc1[C@H](CC(C)C)NC(=O)c1ccccc1Cl. The van der Waals surface area contributed by atoms with Crippen molar-refractivity contribution in [2.75, 3.05) is 11.1 Å². The molecule has 0 bridgehead atoms. The zero-order valence-electron chi connectivity index (χ0n) is 21.3. The summed E-state index contributed by atoms with van der Waals surface area (Å²) in [6.45, 7) is 9.98. The van der Waals surface area contributed by atoms with E-state index in [1.54, 1.807) is 37.3 Å². The summed E-state index contributed by atoms with van der Waals surface area (Å²) in [6, 6.07) is 10.6. The second kappa shape index (κ2) is 13.2. The van der Waals surface area contributed by atoms with Crippen LogP contribution in [0.3, 0.4) is 0 Å². The molecular weight excluding hydrogens is 528 g/mol. The Morgan fingerprint density at radius 1 is 1.24 bits per heavy atom. The van der Waals surface area contributed by atoms with Crippen LogP contribution in [-0.4, -0.2) is 37.3 Å². The molecule has 0 radical (unpaired) electrons. The fourth-order valence-corrected chi connectivity index (χ4v) is 4.74. The maximum absolute atomic E-state index is 13.0. The summed E-state index contributed by atoms with van der Waals surface area (Å²) >= 11 is 7.41. The number of allylic oxidation sites excluding steroid dienone is 1. The lowest BCUT2D eigenvalue weighted by Crippen LogP contribution is -2.32. The molecule has 3 rings (SSSR count). The van der Waals surface area contributed by atoms with Crippen LogP contribution in [0.15, 0.2) is 60.3 Å². The van der Waals surface area contributed by atoms with E-state index in [9.17, 15) is 19.7 Å². The van der Waals surface area contributed by atoms with Gasteiger partial charge in [0, 0.05) is 24.4 Å². The number of rotatable bonds is 12. The zero-order chi connectivity index (χ0) is 27.8. The number of nitro groups is 1. The summed E-state index contributed by atoms with van der Waals surface area (Å²) in [6.07, 6.45) is 2.30. The number of nitro benzene ring substituents is 1. The highest BCUT2D eigenvalue weighted by Gasteiger charge is 2.25. The van der Waals surface area contributed by atoms with E-state index < -0.39 is 11.0 Å². The summed E-state index contributed by atoms with van der Waals surface area (Å²) in [5.74, 6) is 0.209. The molecule has 1 aromatic heterocycles. The number of benzene rings is 2. The largest absolute Gasteiger partial charge is 0.342 e. The molecule has 12 heteroatoms. The zero-order valence-corrected chi connectivity index (χ0v) is 22.9. The van der Waals surface area contributed by atoms with Crippen molar-refractivity contribution in [2.45, 2.75) is 44.9 Å². The van der Waals surface area contributed by atoms with Crippen LogP contribution in [0.4, 0.5) is 11.4 Å². The van der Waals surface area contributed by atoms with Gasteiger partial charge in [0.25, 0.3) is 11.6 Å². The van der Waals surface area contributed by atoms with Crippen molar-refractivity contribution < 1.29 is 14.5 Å². The number of non-ortho nitro benzene ring substituents is 1. The summed E-state index contributed by atoms with van der Waals surface area (Å²) in [5.41, 5.74) is 1.40. The van der Waals surface area contributed by atoms with Crippen molar-refractivity contribution >= 4 is 46.6 Å². The van der Waals surface area contributed by atoms with Gasteiger partial charge in [-0.3, -0.25) is 19.7 Å². The van der Waals surface area contributed by atoms with Gasteiger partial charge in [-0.2, -0.15) is 0 Å². The first-order valence-corrected chi connectivity index (χ1v) is 13.2. The smallest absolute Gasteiger partial charge is 0.269 e. The Labute approximate surface area is 230 Å². The van der Waals surface area contributed by atoms with E-state index in [0.29, 0.717) is 45.8 Å². The first kappa shape index (κ1) is 28.9. The van der Waals surface area contributed by atoms with Crippen LogP contribution in [0, 0.1) is 23.0 Å². The Bertz CT molecular complexity index is 1340.